The Kier molecular flexibility index (Phi) is 5.94. The van der Waals surface area contributed by atoms with Crippen molar-refractivity contribution >= 4 is 27.6 Å². The van der Waals surface area contributed by atoms with Crippen molar-refractivity contribution < 1.29 is 31.5 Å². The van der Waals surface area contributed by atoms with Crippen LogP contribution in [0.15, 0.2) is 47.4 Å². The van der Waals surface area contributed by atoms with Crippen LogP contribution in [0, 0.1) is 11.6 Å². The molecule has 1 fully saturated rings. The van der Waals surface area contributed by atoms with E-state index in [-0.39, 0.29) is 22.2 Å². The molecule has 0 heterocycles. The third-order valence-electron chi connectivity index (χ3n) is 4.14. The number of carbonyl (C=O) groups excluding carboxylic acids is 2. The van der Waals surface area contributed by atoms with Gasteiger partial charge in [0.15, 0.2) is 6.10 Å². The number of hydrogen-bond acceptors (Lipinski definition) is 5. The van der Waals surface area contributed by atoms with Gasteiger partial charge in [-0.05, 0) is 56.2 Å². The Labute approximate surface area is 166 Å². The van der Waals surface area contributed by atoms with Gasteiger partial charge in [0.2, 0.25) is 10.0 Å². The second-order valence-corrected chi connectivity index (χ2v) is 8.29. The lowest BCUT2D eigenvalue weighted by Crippen LogP contribution is -2.30. The van der Waals surface area contributed by atoms with Crippen LogP contribution in [0.25, 0.3) is 0 Å². The van der Waals surface area contributed by atoms with Crippen molar-refractivity contribution in [2.45, 2.75) is 36.8 Å². The predicted molar refractivity (Wildman–Crippen MR) is 99.7 cm³/mol. The molecule has 2 aromatic carbocycles. The van der Waals surface area contributed by atoms with Gasteiger partial charge in [-0.25, -0.2) is 26.7 Å². The van der Waals surface area contributed by atoms with Gasteiger partial charge in [0, 0.05) is 12.1 Å². The molecule has 1 unspecified atom stereocenters. The topological polar surface area (TPSA) is 102 Å². The maximum absolute atomic E-state index is 13.6. The van der Waals surface area contributed by atoms with E-state index in [2.05, 4.69) is 10.0 Å². The smallest absolute Gasteiger partial charge is 0.338 e. The molecule has 1 aliphatic carbocycles. The predicted octanol–water partition coefficient (Wildman–Crippen LogP) is 2.59. The lowest BCUT2D eigenvalue weighted by atomic mass is 10.2. The summed E-state index contributed by atoms with van der Waals surface area (Å²) in [5.41, 5.74) is -0.208. The molecule has 0 bridgehead atoms. The van der Waals surface area contributed by atoms with E-state index in [9.17, 15) is 26.8 Å². The van der Waals surface area contributed by atoms with Crippen LogP contribution >= 0.6 is 0 Å². The highest BCUT2D eigenvalue weighted by atomic mass is 32.2. The van der Waals surface area contributed by atoms with Crippen molar-refractivity contribution in [1.29, 1.82) is 0 Å². The van der Waals surface area contributed by atoms with Crippen LogP contribution in [0.4, 0.5) is 14.5 Å². The molecular weight excluding hydrogens is 406 g/mol. The molecule has 1 saturated carbocycles. The Balaban J connectivity index is 1.60. The van der Waals surface area contributed by atoms with Crippen molar-refractivity contribution in [1.82, 2.24) is 4.72 Å². The summed E-state index contributed by atoms with van der Waals surface area (Å²) in [5.74, 6) is -3.42. The SMILES string of the molecule is CC(OC(=O)c1ccc(S(=O)(=O)NC2CC2)cc1)C(=O)Nc1ccc(F)cc1F. The molecule has 0 spiro atoms. The highest BCUT2D eigenvalue weighted by molar-refractivity contribution is 7.89. The highest BCUT2D eigenvalue weighted by Crippen LogP contribution is 2.22. The third kappa shape index (κ3) is 5.36. The minimum absolute atomic E-state index is 0.0125. The minimum atomic E-state index is -3.65. The number of rotatable bonds is 7. The number of carbonyl (C=O) groups is 2. The first-order valence-electron chi connectivity index (χ1n) is 8.75. The molecule has 29 heavy (non-hydrogen) atoms. The zero-order chi connectivity index (χ0) is 21.2. The fraction of sp³-hybridized carbons (Fsp3) is 0.263. The fourth-order valence-electron chi connectivity index (χ4n) is 2.37. The van der Waals surface area contributed by atoms with Crippen molar-refractivity contribution in [3.05, 3.63) is 59.7 Å². The van der Waals surface area contributed by atoms with Gasteiger partial charge >= 0.3 is 5.97 Å². The van der Waals surface area contributed by atoms with Crippen LogP contribution < -0.4 is 10.0 Å². The number of benzene rings is 2. The second kappa shape index (κ2) is 8.26. The summed E-state index contributed by atoms with van der Waals surface area (Å²) >= 11 is 0. The molecule has 0 aromatic heterocycles. The van der Waals surface area contributed by atoms with Crippen LogP contribution in [0.5, 0.6) is 0 Å². The van der Waals surface area contributed by atoms with Crippen LogP contribution in [0.2, 0.25) is 0 Å². The van der Waals surface area contributed by atoms with Gasteiger partial charge < -0.3 is 10.1 Å². The van der Waals surface area contributed by atoms with Crippen molar-refractivity contribution in [2.24, 2.45) is 0 Å². The number of nitrogens with one attached hydrogen (secondary N) is 2. The van der Waals surface area contributed by atoms with Crippen molar-refractivity contribution in [3.8, 4) is 0 Å². The monoisotopic (exact) mass is 424 g/mol. The van der Waals surface area contributed by atoms with Crippen LogP contribution in [-0.2, 0) is 19.6 Å². The van der Waals surface area contributed by atoms with Gasteiger partial charge in [-0.1, -0.05) is 0 Å². The van der Waals surface area contributed by atoms with Gasteiger partial charge in [-0.3, -0.25) is 4.79 Å². The quantitative estimate of drug-likeness (QED) is 0.666. The lowest BCUT2D eigenvalue weighted by Gasteiger charge is -2.14. The van der Waals surface area contributed by atoms with E-state index in [1.807, 2.05) is 0 Å². The number of halogens is 2. The molecular formula is C19H18F2N2O5S. The summed E-state index contributed by atoms with van der Waals surface area (Å²) in [5, 5.41) is 2.20. The normalized spacial score (nSPS) is 14.9. The molecule has 154 valence electrons. The van der Waals surface area contributed by atoms with Crippen molar-refractivity contribution in [3.63, 3.8) is 0 Å². The molecule has 2 N–H and O–H groups in total. The molecule has 7 nitrogen and oxygen atoms in total. The summed E-state index contributed by atoms with van der Waals surface area (Å²) in [6.07, 6.45) is 0.323. The van der Waals surface area contributed by atoms with E-state index >= 15 is 0 Å². The van der Waals surface area contributed by atoms with Gasteiger partial charge in [-0.15, -0.1) is 0 Å². The first-order valence-corrected chi connectivity index (χ1v) is 10.2. The summed E-state index contributed by atoms with van der Waals surface area (Å²) in [6.45, 7) is 1.28. The molecule has 1 aliphatic rings. The molecule has 10 heteroatoms. The van der Waals surface area contributed by atoms with Crippen LogP contribution in [-0.4, -0.2) is 32.4 Å². The highest BCUT2D eigenvalue weighted by Gasteiger charge is 2.28. The third-order valence-corrected chi connectivity index (χ3v) is 5.68. The van der Waals surface area contributed by atoms with E-state index in [0.717, 1.165) is 25.0 Å². The van der Waals surface area contributed by atoms with Gasteiger partial charge in [0.1, 0.15) is 11.6 Å². The number of sulfonamides is 1. The number of anilines is 1. The molecule has 0 saturated heterocycles. The van der Waals surface area contributed by atoms with Gasteiger partial charge in [0.25, 0.3) is 5.91 Å². The zero-order valence-electron chi connectivity index (χ0n) is 15.3. The first kappa shape index (κ1) is 20.9. The van der Waals surface area contributed by atoms with Crippen LogP contribution in [0.3, 0.4) is 0 Å². The average Bonchev–Trinajstić information content (AvgIpc) is 3.47. The van der Waals surface area contributed by atoms with Crippen molar-refractivity contribution in [2.75, 3.05) is 5.32 Å². The number of hydrogen-bond donors (Lipinski definition) is 2. The number of ether oxygens (including phenoxy) is 1. The second-order valence-electron chi connectivity index (χ2n) is 6.58. The molecule has 1 amide bonds. The Morgan fingerprint density at radius 2 is 1.76 bits per heavy atom. The van der Waals surface area contributed by atoms with Gasteiger partial charge in [-0.2, -0.15) is 0 Å². The van der Waals surface area contributed by atoms with E-state index in [1.54, 1.807) is 0 Å². The first-order chi connectivity index (χ1) is 13.7. The Morgan fingerprint density at radius 3 is 2.34 bits per heavy atom. The summed E-state index contributed by atoms with van der Waals surface area (Å²) in [4.78, 5) is 24.3. The van der Waals surface area contributed by atoms with Gasteiger partial charge in [0.05, 0.1) is 16.1 Å². The minimum Gasteiger partial charge on any atom is -0.449 e. The zero-order valence-corrected chi connectivity index (χ0v) is 16.1. The Hall–Kier alpha value is -2.85. The largest absolute Gasteiger partial charge is 0.449 e. The molecule has 1 atom stereocenters. The average molecular weight is 424 g/mol. The number of esters is 1. The van der Waals surface area contributed by atoms with E-state index in [1.165, 1.54) is 31.2 Å². The maximum atomic E-state index is 13.6. The van der Waals surface area contributed by atoms with E-state index in [0.29, 0.717) is 6.07 Å². The molecule has 2 aromatic rings. The maximum Gasteiger partial charge on any atom is 0.338 e. The summed E-state index contributed by atoms with van der Waals surface area (Å²) < 4.78 is 58.3. The molecule has 3 rings (SSSR count). The summed E-state index contributed by atoms with van der Waals surface area (Å²) in [6, 6.07) is 7.66. The fourth-order valence-corrected chi connectivity index (χ4v) is 3.67. The molecule has 0 radical (unpaired) electrons. The number of amides is 1. The Morgan fingerprint density at radius 1 is 1.10 bits per heavy atom. The summed E-state index contributed by atoms with van der Waals surface area (Å²) in [7, 11) is -3.65. The van der Waals surface area contributed by atoms with E-state index < -0.39 is 39.6 Å². The van der Waals surface area contributed by atoms with E-state index in [4.69, 9.17) is 4.74 Å². The Bertz CT molecular complexity index is 1040. The standard InChI is InChI=1S/C19H18F2N2O5S/c1-11(18(24)22-17-9-4-13(20)10-16(17)21)28-19(25)12-2-7-15(8-3-12)29(26,27)23-14-5-6-14/h2-4,7-11,14,23H,5-6H2,1H3,(H,22,24). The molecule has 0 aliphatic heterocycles. The van der Waals surface area contributed by atoms with Crippen LogP contribution in [0.1, 0.15) is 30.1 Å². The lowest BCUT2D eigenvalue weighted by molar-refractivity contribution is -0.123.